The molecule has 2 aromatic rings. The molecule has 2 rings (SSSR count). The SMILES string of the molecule is COCCn1ccc2c(F)c([B]OC(C)(C)C(C)(C)O)ccc2c1=O. The molecule has 0 bridgehead atoms. The number of pyridine rings is 1. The minimum atomic E-state index is -1.11. The molecule has 0 saturated carbocycles. The first-order chi connectivity index (χ1) is 11.6. The van der Waals surface area contributed by atoms with Gasteiger partial charge in [0.15, 0.2) is 0 Å². The van der Waals surface area contributed by atoms with Gasteiger partial charge in [-0.3, -0.25) is 4.79 Å². The average molecular weight is 348 g/mol. The van der Waals surface area contributed by atoms with Crippen molar-refractivity contribution in [3.05, 3.63) is 40.6 Å². The summed E-state index contributed by atoms with van der Waals surface area (Å²) in [5, 5.41) is 10.6. The van der Waals surface area contributed by atoms with E-state index in [1.54, 1.807) is 53.1 Å². The Morgan fingerprint density at radius 1 is 1.20 bits per heavy atom. The molecule has 1 heterocycles. The zero-order chi connectivity index (χ0) is 18.8. The van der Waals surface area contributed by atoms with E-state index in [1.165, 1.54) is 18.1 Å². The highest BCUT2D eigenvalue weighted by molar-refractivity contribution is 6.47. The van der Waals surface area contributed by atoms with Crippen LogP contribution in [0.1, 0.15) is 27.7 Å². The van der Waals surface area contributed by atoms with Crippen LogP contribution in [-0.2, 0) is 15.9 Å². The molecule has 0 aliphatic heterocycles. The Bertz CT molecular complexity index is 811. The summed E-state index contributed by atoms with van der Waals surface area (Å²) in [7, 11) is 2.84. The second kappa shape index (κ2) is 7.27. The Balaban J connectivity index is 2.33. The van der Waals surface area contributed by atoms with Crippen LogP contribution in [0.3, 0.4) is 0 Å². The van der Waals surface area contributed by atoms with Crippen molar-refractivity contribution >= 4 is 23.7 Å². The van der Waals surface area contributed by atoms with E-state index in [-0.39, 0.29) is 16.4 Å². The van der Waals surface area contributed by atoms with Crippen molar-refractivity contribution in [2.75, 3.05) is 13.7 Å². The number of hydrogen-bond acceptors (Lipinski definition) is 4. The number of aliphatic hydroxyl groups is 1. The molecule has 1 N–H and O–H groups in total. The number of rotatable bonds is 7. The van der Waals surface area contributed by atoms with Gasteiger partial charge in [0.1, 0.15) is 5.82 Å². The second-order valence-corrected chi connectivity index (χ2v) is 7.04. The molecule has 0 atom stereocenters. The highest BCUT2D eigenvalue weighted by Crippen LogP contribution is 2.24. The number of methoxy groups -OCH3 is 1. The molecule has 135 valence electrons. The number of hydrogen-bond donors (Lipinski definition) is 1. The third-order valence-electron chi connectivity index (χ3n) is 4.61. The lowest BCUT2D eigenvalue weighted by atomic mass is 9.81. The summed E-state index contributed by atoms with van der Waals surface area (Å²) in [5.41, 5.74) is -2.05. The van der Waals surface area contributed by atoms with Crippen LogP contribution in [-0.4, -0.2) is 42.1 Å². The van der Waals surface area contributed by atoms with Gasteiger partial charge < -0.3 is 19.1 Å². The Morgan fingerprint density at radius 2 is 1.88 bits per heavy atom. The molecule has 0 fully saturated rings. The average Bonchev–Trinajstić information content (AvgIpc) is 2.53. The van der Waals surface area contributed by atoms with Gasteiger partial charge in [0.25, 0.3) is 5.56 Å². The lowest BCUT2D eigenvalue weighted by molar-refractivity contribution is -0.0893. The number of aromatic nitrogens is 1. The Morgan fingerprint density at radius 3 is 2.48 bits per heavy atom. The number of benzene rings is 1. The summed E-state index contributed by atoms with van der Waals surface area (Å²) in [5.74, 6) is -0.528. The third kappa shape index (κ3) is 4.11. The molecule has 1 aromatic carbocycles. The second-order valence-electron chi connectivity index (χ2n) is 7.04. The van der Waals surface area contributed by atoms with E-state index < -0.39 is 17.0 Å². The Labute approximate surface area is 147 Å². The fraction of sp³-hybridized carbons (Fsp3) is 0.500. The van der Waals surface area contributed by atoms with Crippen LogP contribution >= 0.6 is 0 Å². The van der Waals surface area contributed by atoms with Crippen molar-refractivity contribution in [3.8, 4) is 0 Å². The monoisotopic (exact) mass is 348 g/mol. The van der Waals surface area contributed by atoms with Crippen LogP contribution in [0.5, 0.6) is 0 Å². The molecular weight excluding hydrogens is 324 g/mol. The smallest absolute Gasteiger partial charge is 0.333 e. The van der Waals surface area contributed by atoms with Crippen LogP contribution in [0.15, 0.2) is 29.2 Å². The zero-order valence-corrected chi connectivity index (χ0v) is 15.3. The van der Waals surface area contributed by atoms with Crippen LogP contribution in [0, 0.1) is 5.82 Å². The van der Waals surface area contributed by atoms with Crippen molar-refractivity contribution in [2.24, 2.45) is 0 Å². The summed E-state index contributed by atoms with van der Waals surface area (Å²) in [6, 6.07) is 4.65. The minimum Gasteiger partial charge on any atom is -0.427 e. The molecule has 0 aliphatic rings. The van der Waals surface area contributed by atoms with Crippen LogP contribution in [0.25, 0.3) is 10.8 Å². The fourth-order valence-corrected chi connectivity index (χ4v) is 2.16. The first-order valence-corrected chi connectivity index (χ1v) is 8.12. The van der Waals surface area contributed by atoms with E-state index >= 15 is 0 Å². The maximum atomic E-state index is 14.8. The van der Waals surface area contributed by atoms with Crippen molar-refractivity contribution in [2.45, 2.75) is 45.4 Å². The van der Waals surface area contributed by atoms with Crippen LogP contribution in [0.2, 0.25) is 0 Å². The molecular formula is C18H24BFNO4. The molecule has 7 heteroatoms. The van der Waals surface area contributed by atoms with Gasteiger partial charge in [0, 0.05) is 25.2 Å². The summed E-state index contributed by atoms with van der Waals surface area (Å²) < 4.78 is 26.8. The highest BCUT2D eigenvalue weighted by Gasteiger charge is 2.36. The van der Waals surface area contributed by atoms with Crippen LogP contribution < -0.4 is 11.0 Å². The molecule has 1 aromatic heterocycles. The van der Waals surface area contributed by atoms with Crippen molar-refractivity contribution in [1.82, 2.24) is 4.57 Å². The van der Waals surface area contributed by atoms with Gasteiger partial charge in [0.2, 0.25) is 0 Å². The first-order valence-electron chi connectivity index (χ1n) is 8.12. The predicted molar refractivity (Wildman–Crippen MR) is 96.9 cm³/mol. The summed E-state index contributed by atoms with van der Waals surface area (Å²) in [6.45, 7) is 7.50. The number of fused-ring (bicyclic) bond motifs is 1. The molecule has 5 nitrogen and oxygen atoms in total. The number of ether oxygens (including phenoxy) is 1. The summed E-state index contributed by atoms with van der Waals surface area (Å²) in [6.07, 6.45) is 1.55. The molecule has 0 unspecified atom stereocenters. The van der Waals surface area contributed by atoms with Crippen molar-refractivity contribution in [3.63, 3.8) is 0 Å². The van der Waals surface area contributed by atoms with E-state index in [9.17, 15) is 14.3 Å². The minimum absolute atomic E-state index is 0.221. The van der Waals surface area contributed by atoms with E-state index in [4.69, 9.17) is 9.39 Å². The summed E-state index contributed by atoms with van der Waals surface area (Å²) in [4.78, 5) is 12.4. The van der Waals surface area contributed by atoms with Gasteiger partial charge in [-0.1, -0.05) is 6.07 Å². The quantitative estimate of drug-likeness (QED) is 0.773. The lowest BCUT2D eigenvalue weighted by Gasteiger charge is -2.37. The van der Waals surface area contributed by atoms with E-state index in [1.807, 2.05) is 0 Å². The molecule has 1 radical (unpaired) electrons. The van der Waals surface area contributed by atoms with Gasteiger partial charge in [-0.25, -0.2) is 4.39 Å². The van der Waals surface area contributed by atoms with E-state index in [0.29, 0.717) is 18.5 Å². The fourth-order valence-electron chi connectivity index (χ4n) is 2.16. The zero-order valence-electron chi connectivity index (χ0n) is 15.3. The first kappa shape index (κ1) is 19.6. The van der Waals surface area contributed by atoms with Crippen LogP contribution in [0.4, 0.5) is 4.39 Å². The molecule has 0 amide bonds. The topological polar surface area (TPSA) is 60.7 Å². The van der Waals surface area contributed by atoms with Gasteiger partial charge >= 0.3 is 7.48 Å². The van der Waals surface area contributed by atoms with Gasteiger partial charge in [-0.15, -0.1) is 0 Å². The maximum Gasteiger partial charge on any atom is 0.333 e. The summed E-state index contributed by atoms with van der Waals surface area (Å²) >= 11 is 0. The highest BCUT2D eigenvalue weighted by atomic mass is 19.1. The largest absolute Gasteiger partial charge is 0.427 e. The van der Waals surface area contributed by atoms with E-state index in [0.717, 1.165) is 0 Å². The standard InChI is InChI=1S/C18H24BFNO4/c1-17(2,23)18(3,4)25-19-14-7-6-13-12(15(14)20)8-9-21(16(13)22)10-11-24-5/h6-9,23H,10-11H2,1-5H3. The van der Waals surface area contributed by atoms with Gasteiger partial charge in [-0.2, -0.15) is 0 Å². The molecule has 0 aliphatic carbocycles. The van der Waals surface area contributed by atoms with Gasteiger partial charge in [0.05, 0.1) is 23.2 Å². The van der Waals surface area contributed by atoms with Crippen molar-refractivity contribution < 1.29 is 18.9 Å². The maximum absolute atomic E-state index is 14.8. The normalized spacial score (nSPS) is 12.6. The van der Waals surface area contributed by atoms with Gasteiger partial charge in [-0.05, 0) is 45.3 Å². The Hall–Kier alpha value is -1.70. The third-order valence-corrected chi connectivity index (χ3v) is 4.61. The molecule has 0 saturated heterocycles. The predicted octanol–water partition coefficient (Wildman–Crippen LogP) is 1.60. The molecule has 0 spiro atoms. The number of halogens is 1. The van der Waals surface area contributed by atoms with E-state index in [2.05, 4.69) is 0 Å². The Kier molecular flexibility index (Phi) is 5.71. The lowest BCUT2D eigenvalue weighted by Crippen LogP contribution is -2.49. The number of nitrogens with zero attached hydrogens (tertiary/aromatic N) is 1. The molecule has 25 heavy (non-hydrogen) atoms. The van der Waals surface area contributed by atoms with Crippen molar-refractivity contribution in [1.29, 1.82) is 0 Å².